The Morgan fingerprint density at radius 1 is 0.486 bits per heavy atom. The molecular formula is C64H77N5O3. The number of amides is 1. The summed E-state index contributed by atoms with van der Waals surface area (Å²) in [7, 11) is 0. The third kappa shape index (κ3) is 17.3. The topological polar surface area (TPSA) is 82.0 Å². The number of carbonyl (C=O) groups is 1. The second-order valence-corrected chi connectivity index (χ2v) is 20.5. The van der Waals surface area contributed by atoms with Crippen LogP contribution in [0.1, 0.15) is 129 Å². The molecule has 7 aromatic rings. The Bertz CT molecular complexity index is 2550. The van der Waals surface area contributed by atoms with E-state index in [0.29, 0.717) is 58.8 Å². The van der Waals surface area contributed by atoms with Gasteiger partial charge in [-0.1, -0.05) is 167 Å². The summed E-state index contributed by atoms with van der Waals surface area (Å²) in [5, 5.41) is 12.6. The average molecular weight is 964 g/mol. The minimum Gasteiger partial charge on any atom is -0.507 e. The molecule has 0 aliphatic heterocycles. The number of nitrogens with zero attached hydrogens (tertiary/aromatic N) is 5. The Balaban J connectivity index is 1.22. The van der Waals surface area contributed by atoms with Crippen molar-refractivity contribution < 1.29 is 14.6 Å². The van der Waals surface area contributed by atoms with Gasteiger partial charge in [0.15, 0.2) is 0 Å². The van der Waals surface area contributed by atoms with Gasteiger partial charge in [-0.05, 0) is 122 Å². The van der Waals surface area contributed by atoms with Crippen molar-refractivity contribution in [1.29, 1.82) is 0 Å². The van der Waals surface area contributed by atoms with E-state index in [1.54, 1.807) is 0 Å². The smallest absolute Gasteiger partial charge is 0.410 e. The largest absolute Gasteiger partial charge is 0.507 e. The summed E-state index contributed by atoms with van der Waals surface area (Å²) >= 11 is 0. The highest BCUT2D eigenvalue weighted by Gasteiger charge is 2.24. The molecule has 5 aromatic carbocycles. The van der Waals surface area contributed by atoms with Gasteiger partial charge < -0.3 is 14.7 Å². The number of ether oxygens (including phenoxy) is 1. The summed E-state index contributed by atoms with van der Waals surface area (Å²) in [6.45, 7) is 14.6. The van der Waals surface area contributed by atoms with Crippen LogP contribution in [0.3, 0.4) is 0 Å². The highest BCUT2D eigenvalue weighted by atomic mass is 16.6. The lowest BCUT2D eigenvalue weighted by Crippen LogP contribution is -2.37. The van der Waals surface area contributed by atoms with Crippen LogP contribution >= 0.6 is 0 Å². The van der Waals surface area contributed by atoms with Crippen LogP contribution in [0, 0.1) is 0 Å². The predicted molar refractivity (Wildman–Crippen MR) is 294 cm³/mol. The van der Waals surface area contributed by atoms with Crippen LogP contribution < -0.4 is 0 Å². The molecule has 0 fully saturated rings. The lowest BCUT2D eigenvalue weighted by molar-refractivity contribution is 0.0235. The number of hydrogen-bond acceptors (Lipinski definition) is 7. The average Bonchev–Trinajstić information content (AvgIpc) is 3.38. The first-order chi connectivity index (χ1) is 35.0. The Labute approximate surface area is 430 Å². The molecule has 2 heterocycles. The van der Waals surface area contributed by atoms with Crippen molar-refractivity contribution in [2.24, 2.45) is 0 Å². The van der Waals surface area contributed by atoms with Gasteiger partial charge in [-0.2, -0.15) is 0 Å². The number of rotatable bonds is 26. The van der Waals surface area contributed by atoms with E-state index in [-0.39, 0.29) is 11.8 Å². The van der Waals surface area contributed by atoms with Crippen molar-refractivity contribution in [3.63, 3.8) is 0 Å². The van der Waals surface area contributed by atoms with Crippen molar-refractivity contribution in [3.05, 3.63) is 220 Å². The SMILES string of the molecule is CCCCCc1ccc(CN(Cc2ccccn2)Cc2cc(CCN(Cc3ccc(-c4ccccc4)cc3)C(=O)OC(C)(C)C)cc(CN(Cc3ccc(CCCCC)cc3)Cc3ccccn3)c2O)cc1. The molecule has 0 spiro atoms. The van der Waals surface area contributed by atoms with Crippen molar-refractivity contribution in [3.8, 4) is 16.9 Å². The molecule has 0 unspecified atom stereocenters. The first-order valence-corrected chi connectivity index (χ1v) is 26.4. The van der Waals surface area contributed by atoms with E-state index in [1.165, 1.54) is 60.8 Å². The molecule has 0 bridgehead atoms. The van der Waals surface area contributed by atoms with Crippen molar-refractivity contribution in [2.45, 2.75) is 144 Å². The molecule has 0 aliphatic carbocycles. The molecule has 0 saturated heterocycles. The predicted octanol–water partition coefficient (Wildman–Crippen LogP) is 14.7. The first-order valence-electron chi connectivity index (χ1n) is 26.4. The van der Waals surface area contributed by atoms with E-state index in [9.17, 15) is 9.90 Å². The highest BCUT2D eigenvalue weighted by molar-refractivity contribution is 5.68. The fourth-order valence-corrected chi connectivity index (χ4v) is 9.25. The molecule has 0 aliphatic rings. The Morgan fingerprint density at radius 2 is 0.931 bits per heavy atom. The van der Waals surface area contributed by atoms with Crippen molar-refractivity contribution in [2.75, 3.05) is 6.54 Å². The number of pyridine rings is 2. The molecule has 8 nitrogen and oxygen atoms in total. The van der Waals surface area contributed by atoms with Gasteiger partial charge in [0.25, 0.3) is 0 Å². The van der Waals surface area contributed by atoms with Gasteiger partial charge in [-0.25, -0.2) is 4.79 Å². The Hall–Kier alpha value is -6.61. The number of phenols is 1. The van der Waals surface area contributed by atoms with Gasteiger partial charge in [0, 0.05) is 75.9 Å². The van der Waals surface area contributed by atoms with E-state index >= 15 is 0 Å². The molecule has 8 heteroatoms. The van der Waals surface area contributed by atoms with Gasteiger partial charge in [0.1, 0.15) is 11.4 Å². The molecule has 1 N–H and O–H groups in total. The maximum absolute atomic E-state index is 14.1. The second-order valence-electron chi connectivity index (χ2n) is 20.5. The summed E-state index contributed by atoms with van der Waals surface area (Å²) in [6.07, 6.45) is 13.3. The summed E-state index contributed by atoms with van der Waals surface area (Å²) in [5.41, 5.74) is 12.4. The molecule has 0 atom stereocenters. The Morgan fingerprint density at radius 3 is 1.39 bits per heavy atom. The van der Waals surface area contributed by atoms with Crippen LogP contribution in [0.15, 0.2) is 164 Å². The highest BCUT2D eigenvalue weighted by Crippen LogP contribution is 2.31. The molecule has 72 heavy (non-hydrogen) atoms. The minimum atomic E-state index is -0.662. The third-order valence-electron chi connectivity index (χ3n) is 13.1. The number of carbonyl (C=O) groups excluding carboxylic acids is 1. The number of phenolic OH excluding ortho intramolecular Hbond substituents is 1. The van der Waals surface area contributed by atoms with Crippen LogP contribution in [0.5, 0.6) is 5.75 Å². The van der Waals surface area contributed by atoms with E-state index in [4.69, 9.17) is 14.7 Å². The lowest BCUT2D eigenvalue weighted by atomic mass is 9.99. The monoisotopic (exact) mass is 964 g/mol. The number of unbranched alkanes of at least 4 members (excludes halogenated alkanes) is 4. The minimum absolute atomic E-state index is 0.288. The molecule has 1 amide bonds. The van der Waals surface area contributed by atoms with E-state index < -0.39 is 5.60 Å². The molecule has 7 rings (SSSR count). The van der Waals surface area contributed by atoms with Crippen LogP contribution in [0.25, 0.3) is 11.1 Å². The van der Waals surface area contributed by atoms with Crippen LogP contribution in [-0.4, -0.2) is 48.0 Å². The second kappa shape index (κ2) is 27.3. The lowest BCUT2D eigenvalue weighted by Gasteiger charge is -2.28. The number of hydrogen-bond donors (Lipinski definition) is 1. The quantitative estimate of drug-likeness (QED) is 0.0542. The normalized spacial score (nSPS) is 11.6. The molecule has 0 saturated carbocycles. The van der Waals surface area contributed by atoms with Crippen LogP contribution in [0.2, 0.25) is 0 Å². The van der Waals surface area contributed by atoms with Crippen LogP contribution in [-0.2, 0) is 69.8 Å². The maximum Gasteiger partial charge on any atom is 0.410 e. The Kier molecular flexibility index (Phi) is 20.2. The zero-order chi connectivity index (χ0) is 50.5. The van der Waals surface area contributed by atoms with Crippen molar-refractivity contribution in [1.82, 2.24) is 24.7 Å². The molecule has 2 aromatic heterocycles. The van der Waals surface area contributed by atoms with E-state index in [1.807, 2.05) is 80.5 Å². The standard InChI is InChI=1S/C64H77N5O3/c1-6-8-11-19-50-25-29-52(30-26-50)43-67(48-60-23-15-17-38-65-60)46-58-41-55(37-40-69(63(71)72-64(3,4)5)45-54-33-35-57(36-34-54)56-21-13-10-14-22-56)42-59(62(58)70)47-68(49-61-24-16-18-39-66-61)44-53-31-27-51(28-32-53)20-12-9-7-2/h10,13-18,21-36,38-39,41-42,70H,6-9,11-12,19-20,37,40,43-49H2,1-5H3. The van der Waals surface area contributed by atoms with E-state index in [0.717, 1.165) is 57.6 Å². The van der Waals surface area contributed by atoms with E-state index in [2.05, 4.69) is 133 Å². The summed E-state index contributed by atoms with van der Waals surface area (Å²) in [5.74, 6) is 0.288. The summed E-state index contributed by atoms with van der Waals surface area (Å²) in [6, 6.07) is 53.2. The first kappa shape index (κ1) is 53.2. The van der Waals surface area contributed by atoms with Crippen molar-refractivity contribution >= 4 is 6.09 Å². The fraction of sp³-hybridized carbons (Fsp3) is 0.359. The number of aromatic hydroxyl groups is 1. The molecule has 0 radical (unpaired) electrons. The van der Waals surface area contributed by atoms with Gasteiger partial charge >= 0.3 is 6.09 Å². The fourth-order valence-electron chi connectivity index (χ4n) is 9.25. The number of aryl methyl sites for hydroxylation is 2. The maximum atomic E-state index is 14.1. The number of aromatic nitrogens is 2. The van der Waals surface area contributed by atoms with Crippen LogP contribution in [0.4, 0.5) is 4.79 Å². The zero-order valence-electron chi connectivity index (χ0n) is 43.6. The van der Waals surface area contributed by atoms with Gasteiger partial charge in [-0.3, -0.25) is 19.8 Å². The zero-order valence-corrected chi connectivity index (χ0v) is 43.6. The van der Waals surface area contributed by atoms with Gasteiger partial charge in [0.05, 0.1) is 11.4 Å². The molecular weight excluding hydrogens is 887 g/mol. The summed E-state index contributed by atoms with van der Waals surface area (Å²) < 4.78 is 6.04. The number of benzene rings is 5. The van der Waals surface area contributed by atoms with Gasteiger partial charge in [-0.15, -0.1) is 0 Å². The molecule has 376 valence electrons. The summed E-state index contributed by atoms with van der Waals surface area (Å²) in [4.78, 5) is 30.1. The van der Waals surface area contributed by atoms with Gasteiger partial charge in [0.2, 0.25) is 0 Å². The third-order valence-corrected chi connectivity index (χ3v) is 13.1.